The highest BCUT2D eigenvalue weighted by atomic mass is 16.5. The average Bonchev–Trinajstić information content (AvgIpc) is 3.25. The molecule has 3 aromatic rings. The quantitative estimate of drug-likeness (QED) is 0.0285. The highest BCUT2D eigenvalue weighted by molar-refractivity contribution is 5.73. The Labute approximate surface area is 434 Å². The Morgan fingerprint density at radius 2 is 0.819 bits per heavy atom. The third kappa shape index (κ3) is 19.0. The maximum absolute atomic E-state index is 13.2. The van der Waals surface area contributed by atoms with Crippen LogP contribution < -0.4 is 16.0 Å². The van der Waals surface area contributed by atoms with Gasteiger partial charge in [-0.15, -0.1) is 0 Å². The summed E-state index contributed by atoms with van der Waals surface area (Å²) in [4.78, 5) is 39.1. The molecule has 72 heavy (non-hydrogen) atoms. The van der Waals surface area contributed by atoms with Gasteiger partial charge in [-0.3, -0.25) is 14.4 Å². The van der Waals surface area contributed by atoms with Crippen LogP contribution in [0.5, 0.6) is 17.2 Å². The van der Waals surface area contributed by atoms with E-state index in [0.29, 0.717) is 62.8 Å². The third-order valence-corrected chi connectivity index (χ3v) is 13.3. The lowest BCUT2D eigenvalue weighted by atomic mass is 9.78. The maximum atomic E-state index is 13.2. The van der Waals surface area contributed by atoms with Crippen LogP contribution in [0, 0.1) is 0 Å². The van der Waals surface area contributed by atoms with Crippen LogP contribution in [-0.4, -0.2) is 91.3 Å². The number of ether oxygens (including phenoxy) is 3. The van der Waals surface area contributed by atoms with Crippen LogP contribution in [0.15, 0.2) is 36.4 Å². The molecule has 0 saturated carbocycles. The van der Waals surface area contributed by atoms with Gasteiger partial charge >= 0.3 is 17.9 Å². The van der Waals surface area contributed by atoms with Crippen LogP contribution >= 0.6 is 0 Å². The summed E-state index contributed by atoms with van der Waals surface area (Å²) in [5, 5.41) is 43.7. The molecule has 6 N–H and O–H groups in total. The van der Waals surface area contributed by atoms with Crippen molar-refractivity contribution in [1.29, 1.82) is 0 Å². The first-order valence-electron chi connectivity index (χ1n) is 26.3. The minimum Gasteiger partial charge on any atom is -0.507 e. The fourth-order valence-corrected chi connectivity index (χ4v) is 8.72. The van der Waals surface area contributed by atoms with E-state index in [1.807, 2.05) is 64.1 Å². The fourth-order valence-electron chi connectivity index (χ4n) is 8.72. The topological polar surface area (TPSA) is 176 Å². The van der Waals surface area contributed by atoms with Crippen molar-refractivity contribution in [3.8, 4) is 17.2 Å². The summed E-state index contributed by atoms with van der Waals surface area (Å²) in [6.45, 7) is 39.8. The van der Waals surface area contributed by atoms with Crippen LogP contribution in [-0.2, 0) is 74.9 Å². The Balaban J connectivity index is 1.61. The second-order valence-electron chi connectivity index (χ2n) is 25.4. The molecular formula is C60H95N3O9. The Bertz CT molecular complexity index is 2110. The number of nitrogens with one attached hydrogen (secondary N) is 3. The number of rotatable bonds is 24. The van der Waals surface area contributed by atoms with Gasteiger partial charge in [0.2, 0.25) is 0 Å². The Hall–Kier alpha value is -4.65. The van der Waals surface area contributed by atoms with E-state index in [1.54, 1.807) is 0 Å². The summed E-state index contributed by atoms with van der Waals surface area (Å²) >= 11 is 0. The van der Waals surface area contributed by atoms with Crippen molar-refractivity contribution in [3.05, 3.63) is 86.5 Å². The van der Waals surface area contributed by atoms with E-state index in [9.17, 15) is 29.7 Å². The minimum absolute atomic E-state index is 0.0836. The monoisotopic (exact) mass is 1000 g/mol. The van der Waals surface area contributed by atoms with E-state index in [0.717, 1.165) is 56.5 Å². The molecule has 0 aliphatic heterocycles. The lowest BCUT2D eigenvalue weighted by molar-refractivity contribution is -0.144. The lowest BCUT2D eigenvalue weighted by Gasteiger charge is -2.32. The normalized spacial score (nSPS) is 13.2. The molecule has 12 nitrogen and oxygen atoms in total. The summed E-state index contributed by atoms with van der Waals surface area (Å²) < 4.78 is 17.0. The second-order valence-corrected chi connectivity index (χ2v) is 25.4. The van der Waals surface area contributed by atoms with Crippen LogP contribution in [0.3, 0.4) is 0 Å². The Kier molecular flexibility index (Phi) is 21.9. The molecule has 0 spiro atoms. The fraction of sp³-hybridized carbons (Fsp3) is 0.650. The largest absolute Gasteiger partial charge is 0.507 e. The number of aryl methyl sites for hydroxylation is 2. The molecule has 0 amide bonds. The smallest absolute Gasteiger partial charge is 0.310 e. The van der Waals surface area contributed by atoms with E-state index < -0.39 is 5.54 Å². The van der Waals surface area contributed by atoms with Crippen molar-refractivity contribution in [3.63, 3.8) is 0 Å². The van der Waals surface area contributed by atoms with Crippen LogP contribution in [0.2, 0.25) is 0 Å². The number of benzene rings is 3. The highest BCUT2D eigenvalue weighted by Gasteiger charge is 2.30. The van der Waals surface area contributed by atoms with Crippen LogP contribution in [0.25, 0.3) is 0 Å². The Morgan fingerprint density at radius 3 is 1.18 bits per heavy atom. The molecule has 1 atom stereocenters. The van der Waals surface area contributed by atoms with Crippen molar-refractivity contribution < 1.29 is 43.9 Å². The SMILES string of the molecule is CCC(C)c1cc(CC(=O)OCCNC(C)(CNCCOC(=O)CCc2cc(C(C)(C)C)c(O)c(C(C)(C)C)c2)CNCCOC(=O)CCc2cc(C(C)(C)C)c(O)c(C(C)(C)C)c2)cc(C(C)(C)C)c1O. The third-order valence-electron chi connectivity index (χ3n) is 13.3. The van der Waals surface area contributed by atoms with Crippen molar-refractivity contribution in [2.24, 2.45) is 0 Å². The molecule has 3 rings (SSSR count). The van der Waals surface area contributed by atoms with Crippen molar-refractivity contribution in [2.45, 2.75) is 202 Å². The van der Waals surface area contributed by atoms with Gasteiger partial charge in [-0.25, -0.2) is 0 Å². The molecule has 0 aliphatic carbocycles. The zero-order chi connectivity index (χ0) is 54.6. The number of phenolic OH excluding ortho intramolecular Hbond substituents is 3. The number of carbonyl (C=O) groups excluding carboxylic acids is 3. The van der Waals surface area contributed by atoms with Crippen LogP contribution in [0.1, 0.15) is 200 Å². The van der Waals surface area contributed by atoms with Gasteiger partial charge in [0, 0.05) is 51.1 Å². The number of phenols is 3. The lowest BCUT2D eigenvalue weighted by Crippen LogP contribution is -2.57. The van der Waals surface area contributed by atoms with Gasteiger partial charge in [-0.1, -0.05) is 154 Å². The van der Waals surface area contributed by atoms with Crippen molar-refractivity contribution in [1.82, 2.24) is 16.0 Å². The first-order chi connectivity index (χ1) is 33.1. The number of aromatic hydroxyl groups is 3. The first-order valence-corrected chi connectivity index (χ1v) is 26.3. The molecule has 3 aromatic carbocycles. The second kappa shape index (κ2) is 25.5. The summed E-state index contributed by atoms with van der Waals surface area (Å²) in [6.07, 6.45) is 2.34. The van der Waals surface area contributed by atoms with Gasteiger partial charge in [-0.2, -0.15) is 0 Å². The number of carbonyl (C=O) groups is 3. The zero-order valence-electron chi connectivity index (χ0n) is 47.7. The maximum Gasteiger partial charge on any atom is 0.310 e. The van der Waals surface area contributed by atoms with Gasteiger partial charge in [0.25, 0.3) is 0 Å². The molecule has 1 unspecified atom stereocenters. The molecule has 0 radical (unpaired) electrons. The summed E-state index contributed by atoms with van der Waals surface area (Å²) in [5.41, 5.74) is 5.93. The van der Waals surface area contributed by atoms with Gasteiger partial charge in [0.05, 0.1) is 6.42 Å². The van der Waals surface area contributed by atoms with Crippen molar-refractivity contribution >= 4 is 17.9 Å². The standard InChI is InChI=1S/C60H95N3O9/c1-19-39(2)43-30-42(35-44(52(43)67)55(3,4)5)36-51(66)72-29-26-63-60(18,37-61-24-27-70-49(64)22-20-40-31-45(56(6,7)8)53(68)46(32-40)57(9,10)11)38-62-25-28-71-50(65)23-21-41-33-47(58(12,13)14)54(69)48(34-41)59(15,16)17/h30-35,39,61-63,67-69H,19-29,36-38H2,1-18H3. The summed E-state index contributed by atoms with van der Waals surface area (Å²) in [5.74, 6) is 0.0865. The molecule has 12 heteroatoms. The van der Waals surface area contributed by atoms with Gasteiger partial charge in [-0.05, 0) is 109 Å². The van der Waals surface area contributed by atoms with Crippen molar-refractivity contribution in [2.75, 3.05) is 52.5 Å². The minimum atomic E-state index is -0.549. The van der Waals surface area contributed by atoms with E-state index in [4.69, 9.17) is 14.2 Å². The average molecular weight is 1000 g/mol. The van der Waals surface area contributed by atoms with Gasteiger partial charge in [0.1, 0.15) is 37.1 Å². The number of esters is 3. The predicted molar refractivity (Wildman–Crippen MR) is 292 cm³/mol. The summed E-state index contributed by atoms with van der Waals surface area (Å²) in [6, 6.07) is 11.8. The van der Waals surface area contributed by atoms with E-state index in [1.165, 1.54) is 0 Å². The van der Waals surface area contributed by atoms with Gasteiger partial charge in [0.15, 0.2) is 0 Å². The Morgan fingerprint density at radius 1 is 0.486 bits per heavy atom. The molecule has 0 bridgehead atoms. The molecule has 0 aromatic heterocycles. The molecule has 0 saturated heterocycles. The first kappa shape index (κ1) is 61.6. The molecule has 404 valence electrons. The molecule has 0 heterocycles. The van der Waals surface area contributed by atoms with Crippen LogP contribution in [0.4, 0.5) is 0 Å². The van der Waals surface area contributed by atoms with E-state index in [-0.39, 0.29) is 90.0 Å². The molecule has 0 fully saturated rings. The predicted octanol–water partition coefficient (Wildman–Crippen LogP) is 10.8. The van der Waals surface area contributed by atoms with E-state index >= 15 is 0 Å². The zero-order valence-corrected chi connectivity index (χ0v) is 47.7. The molecule has 0 aliphatic rings. The summed E-state index contributed by atoms with van der Waals surface area (Å²) in [7, 11) is 0. The molecular weight excluding hydrogens is 907 g/mol. The van der Waals surface area contributed by atoms with Gasteiger partial charge < -0.3 is 45.5 Å². The number of hydrogen-bond donors (Lipinski definition) is 6. The highest BCUT2D eigenvalue weighted by Crippen LogP contribution is 2.42. The van der Waals surface area contributed by atoms with E-state index in [2.05, 4.69) is 113 Å². The number of hydrogen-bond acceptors (Lipinski definition) is 12.